The minimum Gasteiger partial charge on any atom is -0.340 e. The fourth-order valence-corrected chi connectivity index (χ4v) is 3.50. The van der Waals surface area contributed by atoms with Crippen molar-refractivity contribution in [1.82, 2.24) is 15.1 Å². The van der Waals surface area contributed by atoms with Crippen molar-refractivity contribution in [1.29, 1.82) is 0 Å². The van der Waals surface area contributed by atoms with Crippen LogP contribution in [0.5, 0.6) is 0 Å². The smallest absolute Gasteiger partial charge is 0.239 e. The first-order valence-electron chi connectivity index (χ1n) is 8.54. The van der Waals surface area contributed by atoms with Gasteiger partial charge in [0.2, 0.25) is 5.91 Å². The molecule has 1 aromatic rings. The molecule has 2 atom stereocenters. The minimum atomic E-state index is 0. The molecule has 1 aromatic carbocycles. The Balaban J connectivity index is 0.00000192. The van der Waals surface area contributed by atoms with E-state index in [1.807, 2.05) is 0 Å². The zero-order valence-corrected chi connectivity index (χ0v) is 14.7. The molecule has 1 unspecified atom stereocenters. The first kappa shape index (κ1) is 18.2. The van der Waals surface area contributed by atoms with Gasteiger partial charge >= 0.3 is 0 Å². The van der Waals surface area contributed by atoms with Crippen LogP contribution in [0.1, 0.15) is 31.7 Å². The Morgan fingerprint density at radius 2 is 1.96 bits per heavy atom. The molecule has 0 bridgehead atoms. The van der Waals surface area contributed by atoms with E-state index in [9.17, 15) is 4.79 Å². The van der Waals surface area contributed by atoms with E-state index in [0.717, 1.165) is 52.0 Å². The van der Waals surface area contributed by atoms with Gasteiger partial charge in [0.25, 0.3) is 0 Å². The molecule has 0 saturated carbocycles. The number of rotatable bonds is 3. The van der Waals surface area contributed by atoms with Gasteiger partial charge in [-0.05, 0) is 38.3 Å². The Bertz CT molecular complexity index is 490. The maximum absolute atomic E-state index is 12.6. The molecule has 5 heteroatoms. The molecule has 2 aliphatic heterocycles. The van der Waals surface area contributed by atoms with Crippen LogP contribution in [0.3, 0.4) is 0 Å². The van der Waals surface area contributed by atoms with Crippen molar-refractivity contribution in [2.75, 3.05) is 26.2 Å². The fourth-order valence-electron chi connectivity index (χ4n) is 3.50. The van der Waals surface area contributed by atoms with E-state index in [0.29, 0.717) is 11.9 Å². The highest BCUT2D eigenvalue weighted by Crippen LogP contribution is 2.17. The van der Waals surface area contributed by atoms with E-state index in [2.05, 4.69) is 52.4 Å². The largest absolute Gasteiger partial charge is 0.340 e. The third kappa shape index (κ3) is 4.69. The summed E-state index contributed by atoms with van der Waals surface area (Å²) in [5.74, 6) is 0.311. The highest BCUT2D eigenvalue weighted by atomic mass is 35.5. The topological polar surface area (TPSA) is 35.6 Å². The molecular formula is C18H28ClN3O. The number of carbonyl (C=O) groups excluding carboxylic acids is 1. The van der Waals surface area contributed by atoms with Crippen molar-refractivity contribution in [2.24, 2.45) is 0 Å². The number of hydrogen-bond acceptors (Lipinski definition) is 3. The molecule has 2 heterocycles. The van der Waals surface area contributed by atoms with Crippen molar-refractivity contribution >= 4 is 18.3 Å². The fraction of sp³-hybridized carbons (Fsp3) is 0.611. The van der Waals surface area contributed by atoms with Crippen molar-refractivity contribution in [2.45, 2.75) is 44.8 Å². The van der Waals surface area contributed by atoms with Crippen LogP contribution < -0.4 is 5.32 Å². The Morgan fingerprint density at radius 3 is 2.65 bits per heavy atom. The van der Waals surface area contributed by atoms with E-state index >= 15 is 0 Å². The molecule has 0 radical (unpaired) electrons. The van der Waals surface area contributed by atoms with Crippen molar-refractivity contribution in [3.05, 3.63) is 35.9 Å². The van der Waals surface area contributed by atoms with Crippen LogP contribution in [-0.4, -0.2) is 54.0 Å². The summed E-state index contributed by atoms with van der Waals surface area (Å²) in [6.07, 6.45) is 3.19. The second-order valence-electron chi connectivity index (χ2n) is 6.57. The summed E-state index contributed by atoms with van der Waals surface area (Å²) in [6, 6.07) is 11.2. The maximum atomic E-state index is 12.6. The van der Waals surface area contributed by atoms with Gasteiger partial charge in [-0.1, -0.05) is 30.3 Å². The maximum Gasteiger partial charge on any atom is 0.239 e. The summed E-state index contributed by atoms with van der Waals surface area (Å²) in [6.45, 7) is 6.96. The van der Waals surface area contributed by atoms with Gasteiger partial charge in [-0.15, -0.1) is 12.4 Å². The Labute approximate surface area is 145 Å². The molecule has 0 spiro atoms. The lowest BCUT2D eigenvalue weighted by Gasteiger charge is -2.26. The molecule has 23 heavy (non-hydrogen) atoms. The zero-order valence-electron chi connectivity index (χ0n) is 13.9. The summed E-state index contributed by atoms with van der Waals surface area (Å²) < 4.78 is 0. The highest BCUT2D eigenvalue weighted by molar-refractivity contribution is 5.85. The van der Waals surface area contributed by atoms with Crippen LogP contribution in [0.2, 0.25) is 0 Å². The summed E-state index contributed by atoms with van der Waals surface area (Å²) in [5.41, 5.74) is 1.35. The van der Waals surface area contributed by atoms with Crippen molar-refractivity contribution < 1.29 is 4.79 Å². The number of nitrogens with zero attached hydrogens (tertiary/aromatic N) is 2. The summed E-state index contributed by atoms with van der Waals surface area (Å²) in [5, 5.41) is 3.33. The Kier molecular flexibility index (Phi) is 6.88. The normalized spacial score (nSPS) is 25.7. The molecule has 1 amide bonds. The van der Waals surface area contributed by atoms with Gasteiger partial charge in [-0.2, -0.15) is 0 Å². The first-order chi connectivity index (χ1) is 10.7. The molecule has 128 valence electrons. The number of carbonyl (C=O) groups is 1. The predicted molar refractivity (Wildman–Crippen MR) is 95.8 cm³/mol. The lowest BCUT2D eigenvalue weighted by Crippen LogP contribution is -2.45. The lowest BCUT2D eigenvalue weighted by atomic mass is 10.1. The minimum absolute atomic E-state index is 0. The average Bonchev–Trinajstić information content (AvgIpc) is 3.02. The van der Waals surface area contributed by atoms with Crippen LogP contribution in [0.25, 0.3) is 0 Å². The predicted octanol–water partition coefficient (Wildman–Crippen LogP) is 2.28. The van der Waals surface area contributed by atoms with Crippen LogP contribution in [0.4, 0.5) is 0 Å². The molecule has 1 N–H and O–H groups in total. The molecule has 2 fully saturated rings. The van der Waals surface area contributed by atoms with E-state index in [4.69, 9.17) is 0 Å². The summed E-state index contributed by atoms with van der Waals surface area (Å²) in [7, 11) is 0. The average molecular weight is 338 g/mol. The molecule has 4 nitrogen and oxygen atoms in total. The molecule has 2 aliphatic rings. The van der Waals surface area contributed by atoms with E-state index in [1.54, 1.807) is 0 Å². The molecule has 2 saturated heterocycles. The van der Waals surface area contributed by atoms with Gasteiger partial charge in [-0.3, -0.25) is 9.69 Å². The lowest BCUT2D eigenvalue weighted by molar-refractivity contribution is -0.132. The van der Waals surface area contributed by atoms with Crippen LogP contribution in [0.15, 0.2) is 30.3 Å². The first-order valence-corrected chi connectivity index (χ1v) is 8.54. The monoisotopic (exact) mass is 337 g/mol. The van der Waals surface area contributed by atoms with E-state index in [1.165, 1.54) is 5.56 Å². The SMILES string of the molecule is CC1CCN(C(=O)[C@@H]2CCCN2)CCN1Cc1ccccc1.Cl. The Morgan fingerprint density at radius 1 is 1.17 bits per heavy atom. The van der Waals surface area contributed by atoms with Gasteiger partial charge in [-0.25, -0.2) is 0 Å². The number of amides is 1. The molecule has 3 rings (SSSR count). The quantitative estimate of drug-likeness (QED) is 0.919. The molecular weight excluding hydrogens is 310 g/mol. The third-order valence-corrected chi connectivity index (χ3v) is 5.00. The standard InChI is InChI=1S/C18H27N3O.ClH/c1-15-9-11-20(18(22)17-8-5-10-19-17)12-13-21(15)14-16-6-3-2-4-7-16;/h2-4,6-7,15,17,19H,5,8-14H2,1H3;1H/t15?,17-;/m0./s1. The third-order valence-electron chi connectivity index (χ3n) is 5.00. The highest BCUT2D eigenvalue weighted by Gasteiger charge is 2.29. The van der Waals surface area contributed by atoms with Gasteiger partial charge in [0, 0.05) is 32.2 Å². The number of nitrogens with one attached hydrogen (secondary N) is 1. The summed E-state index contributed by atoms with van der Waals surface area (Å²) >= 11 is 0. The number of halogens is 1. The van der Waals surface area contributed by atoms with Crippen LogP contribution in [-0.2, 0) is 11.3 Å². The molecule has 0 aliphatic carbocycles. The van der Waals surface area contributed by atoms with Gasteiger partial charge in [0.15, 0.2) is 0 Å². The van der Waals surface area contributed by atoms with E-state index in [-0.39, 0.29) is 18.4 Å². The molecule has 0 aromatic heterocycles. The zero-order chi connectivity index (χ0) is 15.4. The number of hydrogen-bond donors (Lipinski definition) is 1. The van der Waals surface area contributed by atoms with Crippen LogP contribution in [0, 0.1) is 0 Å². The summed E-state index contributed by atoms with van der Waals surface area (Å²) in [4.78, 5) is 17.1. The second kappa shape index (κ2) is 8.67. The number of benzene rings is 1. The van der Waals surface area contributed by atoms with Crippen LogP contribution >= 0.6 is 12.4 Å². The van der Waals surface area contributed by atoms with Gasteiger partial charge in [0.1, 0.15) is 0 Å². The van der Waals surface area contributed by atoms with E-state index < -0.39 is 0 Å². The Hall–Kier alpha value is -1.10. The second-order valence-corrected chi connectivity index (χ2v) is 6.57. The van der Waals surface area contributed by atoms with Crippen molar-refractivity contribution in [3.63, 3.8) is 0 Å². The van der Waals surface area contributed by atoms with Crippen molar-refractivity contribution in [3.8, 4) is 0 Å². The van der Waals surface area contributed by atoms with Gasteiger partial charge in [0.05, 0.1) is 6.04 Å². The van der Waals surface area contributed by atoms with Gasteiger partial charge < -0.3 is 10.2 Å².